The van der Waals surface area contributed by atoms with Gasteiger partial charge in [0.2, 0.25) is 0 Å². The van der Waals surface area contributed by atoms with Gasteiger partial charge in [0.05, 0.1) is 35.8 Å². The maximum absolute atomic E-state index is 12.7. The second-order valence-electron chi connectivity index (χ2n) is 6.64. The van der Waals surface area contributed by atoms with Gasteiger partial charge >= 0.3 is 0 Å². The number of carbonyl (C=O) groups excluding carboxylic acids is 1. The number of halogens is 1. The van der Waals surface area contributed by atoms with E-state index < -0.39 is 0 Å². The summed E-state index contributed by atoms with van der Waals surface area (Å²) in [7, 11) is 1.53. The molecule has 150 valence electrons. The molecule has 1 N–H and O–H groups in total. The Morgan fingerprint density at radius 3 is 2.47 bits per heavy atom. The lowest BCUT2D eigenvalue weighted by molar-refractivity contribution is 0.0952. The van der Waals surface area contributed by atoms with Gasteiger partial charge < -0.3 is 4.74 Å². The summed E-state index contributed by atoms with van der Waals surface area (Å²) in [6.45, 7) is 1.83. The minimum atomic E-state index is -0.377. The molecule has 0 atom stereocenters. The number of aromatic nitrogens is 2. The number of hydrogen-bond acceptors (Lipinski definition) is 4. The fraction of sp³-hybridized carbons (Fsp3) is 0.0870. The van der Waals surface area contributed by atoms with Crippen LogP contribution in [0.3, 0.4) is 0 Å². The first-order chi connectivity index (χ1) is 14.6. The highest BCUT2D eigenvalue weighted by molar-refractivity contribution is 6.32. The van der Waals surface area contributed by atoms with Crippen LogP contribution in [0.1, 0.15) is 21.6 Å². The maximum atomic E-state index is 12.7. The van der Waals surface area contributed by atoms with Gasteiger partial charge in [-0.2, -0.15) is 10.2 Å². The van der Waals surface area contributed by atoms with E-state index in [0.717, 1.165) is 16.5 Å². The van der Waals surface area contributed by atoms with Gasteiger partial charge in [-0.3, -0.25) is 4.79 Å². The smallest absolute Gasteiger partial charge is 0.275 e. The van der Waals surface area contributed by atoms with Crippen LogP contribution in [-0.2, 0) is 0 Å². The number of fused-ring (bicyclic) bond motifs is 1. The second kappa shape index (κ2) is 8.39. The third-order valence-electron chi connectivity index (χ3n) is 4.72. The van der Waals surface area contributed by atoms with Crippen molar-refractivity contribution in [2.24, 2.45) is 5.10 Å². The number of para-hydroxylation sites is 1. The first kappa shape index (κ1) is 19.7. The molecule has 4 rings (SSSR count). The standard InChI is InChI=1S/C23H19ClN4O2/c1-15-20(22(24)28(27-15)18-10-4-3-5-11-18)14-25-26-23(29)19-12-16-8-6-7-9-17(16)13-21(19)30-2/h3-14H,1-2H3,(H,26,29). The summed E-state index contributed by atoms with van der Waals surface area (Å²) in [4.78, 5) is 12.7. The number of amides is 1. The van der Waals surface area contributed by atoms with Crippen molar-refractivity contribution in [2.75, 3.05) is 7.11 Å². The van der Waals surface area contributed by atoms with Crippen molar-refractivity contribution in [3.63, 3.8) is 0 Å². The Morgan fingerprint density at radius 2 is 1.77 bits per heavy atom. The molecular formula is C23H19ClN4O2. The summed E-state index contributed by atoms with van der Waals surface area (Å²) in [6.07, 6.45) is 1.50. The van der Waals surface area contributed by atoms with E-state index in [1.54, 1.807) is 10.7 Å². The minimum absolute atomic E-state index is 0.377. The van der Waals surface area contributed by atoms with E-state index in [4.69, 9.17) is 16.3 Å². The van der Waals surface area contributed by atoms with Gasteiger partial charge in [-0.1, -0.05) is 54.1 Å². The van der Waals surface area contributed by atoms with E-state index in [9.17, 15) is 4.79 Å². The van der Waals surface area contributed by atoms with Gasteiger partial charge in [0.1, 0.15) is 10.9 Å². The van der Waals surface area contributed by atoms with Crippen molar-refractivity contribution in [3.8, 4) is 11.4 Å². The van der Waals surface area contributed by atoms with E-state index in [2.05, 4.69) is 15.6 Å². The molecule has 0 saturated heterocycles. The summed E-state index contributed by atoms with van der Waals surface area (Å²) in [5, 5.41) is 10.9. The van der Waals surface area contributed by atoms with Gasteiger partial charge in [0, 0.05) is 0 Å². The quantitative estimate of drug-likeness (QED) is 0.375. The average Bonchev–Trinajstić information content (AvgIpc) is 3.07. The molecule has 30 heavy (non-hydrogen) atoms. The zero-order valence-electron chi connectivity index (χ0n) is 16.5. The third kappa shape index (κ3) is 3.77. The Kier molecular flexibility index (Phi) is 5.50. The summed E-state index contributed by atoms with van der Waals surface area (Å²) >= 11 is 6.49. The highest BCUT2D eigenvalue weighted by atomic mass is 35.5. The van der Waals surface area contributed by atoms with E-state index in [1.165, 1.54) is 13.3 Å². The Morgan fingerprint density at radius 1 is 1.10 bits per heavy atom. The van der Waals surface area contributed by atoms with Crippen LogP contribution in [0.4, 0.5) is 0 Å². The molecule has 0 aliphatic rings. The van der Waals surface area contributed by atoms with Crippen LogP contribution in [0.2, 0.25) is 5.15 Å². The lowest BCUT2D eigenvalue weighted by atomic mass is 10.1. The first-order valence-electron chi connectivity index (χ1n) is 9.29. The van der Waals surface area contributed by atoms with Gasteiger partial charge in [-0.05, 0) is 42.0 Å². The monoisotopic (exact) mass is 418 g/mol. The summed E-state index contributed by atoms with van der Waals surface area (Å²) in [6, 6.07) is 20.9. The fourth-order valence-electron chi connectivity index (χ4n) is 3.18. The van der Waals surface area contributed by atoms with Crippen molar-refractivity contribution in [1.82, 2.24) is 15.2 Å². The topological polar surface area (TPSA) is 68.5 Å². The van der Waals surface area contributed by atoms with E-state index in [1.807, 2.05) is 67.6 Å². The molecule has 0 aliphatic heterocycles. The first-order valence-corrected chi connectivity index (χ1v) is 9.67. The zero-order chi connectivity index (χ0) is 21.1. The Labute approximate surface area is 178 Å². The number of nitrogens with one attached hydrogen (secondary N) is 1. The largest absolute Gasteiger partial charge is 0.496 e. The number of carbonyl (C=O) groups is 1. The van der Waals surface area contributed by atoms with Crippen LogP contribution in [0.5, 0.6) is 5.75 Å². The molecule has 0 radical (unpaired) electrons. The molecule has 3 aromatic carbocycles. The average molecular weight is 419 g/mol. The molecule has 1 aromatic heterocycles. The molecule has 0 saturated carbocycles. The molecule has 6 nitrogen and oxygen atoms in total. The van der Waals surface area contributed by atoms with Crippen LogP contribution in [-0.4, -0.2) is 29.0 Å². The lowest BCUT2D eigenvalue weighted by Gasteiger charge is -2.09. The number of rotatable bonds is 5. The van der Waals surface area contributed by atoms with Gasteiger partial charge in [0.25, 0.3) is 5.91 Å². The van der Waals surface area contributed by atoms with Crippen molar-refractivity contribution in [1.29, 1.82) is 0 Å². The predicted octanol–water partition coefficient (Wildman–Crippen LogP) is 4.76. The maximum Gasteiger partial charge on any atom is 0.275 e. The van der Waals surface area contributed by atoms with Crippen LogP contribution < -0.4 is 10.2 Å². The molecule has 1 amide bonds. The Balaban J connectivity index is 1.58. The molecular weight excluding hydrogens is 400 g/mol. The number of hydrogen-bond donors (Lipinski definition) is 1. The summed E-state index contributed by atoms with van der Waals surface area (Å²) in [5.41, 5.74) is 5.12. The molecule has 7 heteroatoms. The van der Waals surface area contributed by atoms with E-state index in [0.29, 0.717) is 27.7 Å². The molecule has 4 aromatic rings. The summed E-state index contributed by atoms with van der Waals surface area (Å²) < 4.78 is 7.01. The predicted molar refractivity (Wildman–Crippen MR) is 119 cm³/mol. The normalized spacial score (nSPS) is 11.2. The molecule has 0 bridgehead atoms. The highest BCUT2D eigenvalue weighted by Gasteiger charge is 2.15. The zero-order valence-corrected chi connectivity index (χ0v) is 17.2. The highest BCUT2D eigenvalue weighted by Crippen LogP contribution is 2.26. The minimum Gasteiger partial charge on any atom is -0.496 e. The fourth-order valence-corrected chi connectivity index (χ4v) is 3.50. The lowest BCUT2D eigenvalue weighted by Crippen LogP contribution is -2.18. The number of hydrazone groups is 1. The molecule has 0 unspecified atom stereocenters. The van der Waals surface area contributed by atoms with Crippen molar-refractivity contribution < 1.29 is 9.53 Å². The Bertz CT molecular complexity index is 1250. The Hall–Kier alpha value is -3.64. The number of aryl methyl sites for hydroxylation is 1. The third-order valence-corrected chi connectivity index (χ3v) is 5.08. The van der Waals surface area contributed by atoms with Gasteiger partial charge in [0.15, 0.2) is 0 Å². The number of benzene rings is 3. The molecule has 1 heterocycles. The van der Waals surface area contributed by atoms with Crippen molar-refractivity contribution in [2.45, 2.75) is 6.92 Å². The van der Waals surface area contributed by atoms with Gasteiger partial charge in [-0.25, -0.2) is 10.1 Å². The molecule has 0 aliphatic carbocycles. The SMILES string of the molecule is COc1cc2ccccc2cc1C(=O)NN=Cc1c(C)nn(-c2ccccc2)c1Cl. The van der Waals surface area contributed by atoms with E-state index in [-0.39, 0.29) is 5.91 Å². The number of methoxy groups -OCH3 is 1. The van der Waals surface area contributed by atoms with Crippen LogP contribution in [0.15, 0.2) is 71.8 Å². The second-order valence-corrected chi connectivity index (χ2v) is 6.99. The van der Waals surface area contributed by atoms with Crippen LogP contribution in [0, 0.1) is 6.92 Å². The van der Waals surface area contributed by atoms with Gasteiger partial charge in [-0.15, -0.1) is 0 Å². The number of ether oxygens (including phenoxy) is 1. The van der Waals surface area contributed by atoms with Crippen molar-refractivity contribution in [3.05, 3.63) is 88.7 Å². The van der Waals surface area contributed by atoms with Crippen molar-refractivity contribution >= 4 is 34.5 Å². The summed E-state index contributed by atoms with van der Waals surface area (Å²) in [5.74, 6) is 0.102. The number of nitrogens with zero attached hydrogens (tertiary/aromatic N) is 3. The van der Waals surface area contributed by atoms with Crippen LogP contribution >= 0.6 is 11.6 Å². The molecule has 0 fully saturated rings. The van der Waals surface area contributed by atoms with Crippen LogP contribution in [0.25, 0.3) is 16.5 Å². The van der Waals surface area contributed by atoms with E-state index >= 15 is 0 Å². The molecule has 0 spiro atoms.